The summed E-state index contributed by atoms with van der Waals surface area (Å²) in [6.45, 7) is 0.242. The Balaban J connectivity index is 2.03. The molecule has 1 aromatic carbocycles. The van der Waals surface area contributed by atoms with Crippen molar-refractivity contribution >= 4 is 17.4 Å². The van der Waals surface area contributed by atoms with E-state index in [4.69, 9.17) is 27.4 Å². The number of halogens is 1. The highest BCUT2D eigenvalue weighted by Gasteiger charge is 2.05. The molecule has 0 bridgehead atoms. The number of nitriles is 1. The van der Waals surface area contributed by atoms with Crippen LogP contribution < -0.4 is 16.0 Å². The second-order valence-electron chi connectivity index (χ2n) is 4.04. The van der Waals surface area contributed by atoms with Gasteiger partial charge in [0.1, 0.15) is 18.2 Å². The van der Waals surface area contributed by atoms with Gasteiger partial charge in [-0.05, 0) is 29.8 Å². The number of rotatable bonds is 5. The second kappa shape index (κ2) is 6.75. The molecular weight excluding hydrogens is 276 g/mol. The molecule has 0 spiro atoms. The van der Waals surface area contributed by atoms with Crippen molar-refractivity contribution in [3.8, 4) is 11.8 Å². The molecule has 102 valence electrons. The summed E-state index contributed by atoms with van der Waals surface area (Å²) in [5.41, 5.74) is 4.01. The number of ether oxygens (including phenoxy) is 1. The number of nitrogens with zero attached hydrogens (tertiary/aromatic N) is 2. The van der Waals surface area contributed by atoms with Gasteiger partial charge in [-0.15, -0.1) is 0 Å². The average Bonchev–Trinajstić information content (AvgIpc) is 2.48. The zero-order chi connectivity index (χ0) is 14.4. The molecule has 0 saturated heterocycles. The van der Waals surface area contributed by atoms with Gasteiger partial charge in [0.05, 0.1) is 23.2 Å². The van der Waals surface area contributed by atoms with Crippen molar-refractivity contribution in [3.63, 3.8) is 0 Å². The molecule has 0 unspecified atom stereocenters. The van der Waals surface area contributed by atoms with E-state index in [1.807, 2.05) is 24.3 Å². The Bertz CT molecular complexity index is 622. The third-order valence-corrected chi connectivity index (χ3v) is 2.99. The molecule has 0 amide bonds. The molecule has 20 heavy (non-hydrogen) atoms. The summed E-state index contributed by atoms with van der Waals surface area (Å²) in [6.07, 6.45) is 0.387. The summed E-state index contributed by atoms with van der Waals surface area (Å²) in [6, 6.07) is 12.8. The number of hydrogen-bond acceptors (Lipinski definition) is 5. The van der Waals surface area contributed by atoms with Gasteiger partial charge in [0, 0.05) is 0 Å². The lowest BCUT2D eigenvalue weighted by atomic mass is 10.2. The fourth-order valence-corrected chi connectivity index (χ4v) is 1.77. The van der Waals surface area contributed by atoms with Crippen LogP contribution in [0.25, 0.3) is 0 Å². The Hall–Kier alpha value is -2.29. The van der Waals surface area contributed by atoms with E-state index >= 15 is 0 Å². The normalized spacial score (nSPS) is 9.85. The van der Waals surface area contributed by atoms with E-state index in [9.17, 15) is 0 Å². The first-order valence-electron chi connectivity index (χ1n) is 5.93. The second-order valence-corrected chi connectivity index (χ2v) is 4.44. The maximum absolute atomic E-state index is 8.60. The quantitative estimate of drug-likeness (QED) is 0.653. The van der Waals surface area contributed by atoms with Crippen LogP contribution >= 0.6 is 11.6 Å². The van der Waals surface area contributed by atoms with Crippen LogP contribution in [0.4, 0.5) is 5.82 Å². The van der Waals surface area contributed by atoms with Crippen LogP contribution in [0.5, 0.6) is 5.75 Å². The number of anilines is 1. The van der Waals surface area contributed by atoms with E-state index in [1.165, 1.54) is 0 Å². The van der Waals surface area contributed by atoms with Crippen molar-refractivity contribution in [1.29, 1.82) is 5.26 Å². The van der Waals surface area contributed by atoms with E-state index in [0.29, 0.717) is 28.7 Å². The lowest BCUT2D eigenvalue weighted by Crippen LogP contribution is -2.10. The highest BCUT2D eigenvalue weighted by molar-refractivity contribution is 6.31. The summed E-state index contributed by atoms with van der Waals surface area (Å²) >= 11 is 6.04. The minimum Gasteiger partial charge on any atom is -0.487 e. The van der Waals surface area contributed by atoms with E-state index in [2.05, 4.69) is 16.5 Å². The van der Waals surface area contributed by atoms with Gasteiger partial charge < -0.3 is 10.2 Å². The first-order valence-corrected chi connectivity index (χ1v) is 6.31. The van der Waals surface area contributed by atoms with Crippen LogP contribution in [0.15, 0.2) is 36.4 Å². The molecule has 5 nitrogen and oxygen atoms in total. The van der Waals surface area contributed by atoms with Crippen molar-refractivity contribution in [3.05, 3.63) is 52.7 Å². The average molecular weight is 289 g/mol. The summed E-state index contributed by atoms with van der Waals surface area (Å²) < 4.78 is 5.61. The van der Waals surface area contributed by atoms with Crippen LogP contribution in [0, 0.1) is 11.3 Å². The maximum Gasteiger partial charge on any atom is 0.140 e. The molecule has 0 radical (unpaired) electrons. The van der Waals surface area contributed by atoms with Crippen molar-refractivity contribution < 1.29 is 4.74 Å². The van der Waals surface area contributed by atoms with Gasteiger partial charge >= 0.3 is 0 Å². The molecular formula is C14H13ClN4O. The lowest BCUT2D eigenvalue weighted by Gasteiger charge is -2.09. The van der Waals surface area contributed by atoms with Gasteiger partial charge in [0.25, 0.3) is 0 Å². The summed E-state index contributed by atoms with van der Waals surface area (Å²) in [7, 11) is 0. The van der Waals surface area contributed by atoms with Crippen LogP contribution in [-0.2, 0) is 13.0 Å². The van der Waals surface area contributed by atoms with Crippen molar-refractivity contribution in [1.82, 2.24) is 4.98 Å². The zero-order valence-electron chi connectivity index (χ0n) is 10.6. The molecule has 0 aliphatic rings. The molecule has 0 atom stereocenters. The Morgan fingerprint density at radius 1 is 1.25 bits per heavy atom. The monoisotopic (exact) mass is 288 g/mol. The number of nitrogen functional groups attached to an aromatic ring is 1. The van der Waals surface area contributed by atoms with Gasteiger partial charge in [-0.2, -0.15) is 5.26 Å². The first kappa shape index (κ1) is 14.1. The van der Waals surface area contributed by atoms with Crippen molar-refractivity contribution in [2.45, 2.75) is 13.0 Å². The fraction of sp³-hybridized carbons (Fsp3) is 0.143. The fourth-order valence-electron chi connectivity index (χ4n) is 1.61. The summed E-state index contributed by atoms with van der Waals surface area (Å²) in [4.78, 5) is 4.22. The Morgan fingerprint density at radius 3 is 2.65 bits per heavy atom. The molecule has 1 heterocycles. The van der Waals surface area contributed by atoms with Crippen molar-refractivity contribution in [2.24, 2.45) is 5.84 Å². The van der Waals surface area contributed by atoms with Crippen molar-refractivity contribution in [2.75, 3.05) is 5.43 Å². The zero-order valence-corrected chi connectivity index (χ0v) is 11.4. The Labute approximate surface area is 121 Å². The molecule has 3 N–H and O–H groups in total. The number of pyridine rings is 1. The third-order valence-electron chi connectivity index (χ3n) is 2.65. The van der Waals surface area contributed by atoms with Gasteiger partial charge in [-0.3, -0.25) is 0 Å². The minimum absolute atomic E-state index is 0.242. The van der Waals surface area contributed by atoms with Crippen LogP contribution in [0.3, 0.4) is 0 Å². The number of benzene rings is 1. The minimum atomic E-state index is 0.242. The third kappa shape index (κ3) is 3.60. The topological polar surface area (TPSA) is 84.0 Å². The molecule has 2 aromatic rings. The van der Waals surface area contributed by atoms with Gasteiger partial charge in [-0.25, -0.2) is 10.8 Å². The molecule has 0 fully saturated rings. The molecule has 0 aliphatic carbocycles. The van der Waals surface area contributed by atoms with Crippen LogP contribution in [0.2, 0.25) is 5.02 Å². The number of hydrogen-bond donors (Lipinski definition) is 2. The summed E-state index contributed by atoms with van der Waals surface area (Å²) in [5.74, 6) is 6.51. The highest BCUT2D eigenvalue weighted by Crippen LogP contribution is 2.19. The lowest BCUT2D eigenvalue weighted by molar-refractivity contribution is 0.301. The number of nitrogens with one attached hydrogen (secondary N) is 1. The molecule has 0 aliphatic heterocycles. The molecule has 2 rings (SSSR count). The maximum atomic E-state index is 8.60. The van der Waals surface area contributed by atoms with Gasteiger partial charge in [0.15, 0.2) is 0 Å². The first-order chi connectivity index (χ1) is 9.72. The van der Waals surface area contributed by atoms with Crippen LogP contribution in [-0.4, -0.2) is 4.98 Å². The predicted octanol–water partition coefficient (Wildman–Crippen LogP) is 2.67. The molecule has 1 aromatic heterocycles. The Kier molecular flexibility index (Phi) is 4.77. The largest absolute Gasteiger partial charge is 0.487 e. The number of nitrogens with two attached hydrogens (primary N) is 1. The Morgan fingerprint density at radius 2 is 2.00 bits per heavy atom. The SMILES string of the molecule is N#CCc1ccc(OCc2nc(NN)ccc2Cl)cc1. The standard InChI is InChI=1S/C14H13ClN4O/c15-12-5-6-14(19-17)18-13(12)9-20-11-3-1-10(2-4-11)7-8-16/h1-6H,7,9,17H2,(H,18,19). The molecule has 0 saturated carbocycles. The highest BCUT2D eigenvalue weighted by atomic mass is 35.5. The van der Waals surface area contributed by atoms with E-state index in [0.717, 1.165) is 5.56 Å². The number of hydrazine groups is 1. The van der Waals surface area contributed by atoms with E-state index in [-0.39, 0.29) is 6.61 Å². The summed E-state index contributed by atoms with van der Waals surface area (Å²) in [5, 5.41) is 9.12. The van der Waals surface area contributed by atoms with Gasteiger partial charge in [0.2, 0.25) is 0 Å². The number of aromatic nitrogens is 1. The molecule has 6 heteroatoms. The van der Waals surface area contributed by atoms with E-state index in [1.54, 1.807) is 12.1 Å². The predicted molar refractivity (Wildman–Crippen MR) is 77.1 cm³/mol. The smallest absolute Gasteiger partial charge is 0.140 e. The van der Waals surface area contributed by atoms with Crippen LogP contribution in [0.1, 0.15) is 11.3 Å². The van der Waals surface area contributed by atoms with Gasteiger partial charge in [-0.1, -0.05) is 23.7 Å². The van der Waals surface area contributed by atoms with E-state index < -0.39 is 0 Å².